The average Bonchev–Trinajstić information content (AvgIpc) is 2.53. The summed E-state index contributed by atoms with van der Waals surface area (Å²) in [6, 6.07) is 5.47. The Morgan fingerprint density at radius 3 is 2.58 bits per heavy atom. The van der Waals surface area contributed by atoms with Crippen LogP contribution in [0.5, 0.6) is 5.75 Å². The van der Waals surface area contributed by atoms with E-state index in [2.05, 4.69) is 5.32 Å². The number of rotatable bonds is 5. The van der Waals surface area contributed by atoms with Crippen LogP contribution in [0.4, 0.5) is 0 Å². The zero-order valence-electron chi connectivity index (χ0n) is 14.5. The molecule has 0 aliphatic carbocycles. The first-order valence-electron chi connectivity index (χ1n) is 8.34. The SMILES string of the molecule is Cc1cc(Cl)ccc1OCC(=O)N1CCC(C(=O)NC(C)C)CC1. The first-order valence-corrected chi connectivity index (χ1v) is 8.71. The molecular weight excluding hydrogens is 328 g/mol. The lowest BCUT2D eigenvalue weighted by molar-refractivity contribution is -0.137. The standard InChI is InChI=1S/C18H25ClN2O3/c1-12(2)20-18(23)14-6-8-21(9-7-14)17(22)11-24-16-5-4-15(19)10-13(16)3/h4-5,10,12,14H,6-9,11H2,1-3H3,(H,20,23). The number of benzene rings is 1. The molecule has 1 fully saturated rings. The van der Waals surface area contributed by atoms with Crippen molar-refractivity contribution >= 4 is 23.4 Å². The Morgan fingerprint density at radius 2 is 2.00 bits per heavy atom. The maximum absolute atomic E-state index is 12.3. The van der Waals surface area contributed by atoms with Gasteiger partial charge in [-0.05, 0) is 57.4 Å². The van der Waals surface area contributed by atoms with Gasteiger partial charge in [-0.2, -0.15) is 0 Å². The molecule has 0 unspecified atom stereocenters. The van der Waals surface area contributed by atoms with E-state index in [1.54, 1.807) is 23.1 Å². The molecule has 1 heterocycles. The maximum Gasteiger partial charge on any atom is 0.260 e. The number of halogens is 1. The van der Waals surface area contributed by atoms with E-state index in [0.717, 1.165) is 5.56 Å². The van der Waals surface area contributed by atoms with Crippen LogP contribution in [0.25, 0.3) is 0 Å². The Bertz CT molecular complexity index is 596. The van der Waals surface area contributed by atoms with E-state index in [1.807, 2.05) is 20.8 Å². The number of carbonyl (C=O) groups is 2. The van der Waals surface area contributed by atoms with Crippen molar-refractivity contribution in [1.82, 2.24) is 10.2 Å². The van der Waals surface area contributed by atoms with Crippen molar-refractivity contribution < 1.29 is 14.3 Å². The number of nitrogens with one attached hydrogen (secondary N) is 1. The van der Waals surface area contributed by atoms with Crippen LogP contribution in [0.15, 0.2) is 18.2 Å². The number of ether oxygens (including phenoxy) is 1. The molecule has 0 atom stereocenters. The molecule has 6 heteroatoms. The molecule has 24 heavy (non-hydrogen) atoms. The minimum atomic E-state index is -0.0490. The third kappa shape index (κ3) is 5.13. The predicted octanol–water partition coefficient (Wildman–Crippen LogP) is 2.79. The van der Waals surface area contributed by atoms with E-state index < -0.39 is 0 Å². The van der Waals surface area contributed by atoms with Crippen LogP contribution in [0.2, 0.25) is 5.02 Å². The van der Waals surface area contributed by atoms with Gasteiger partial charge in [-0.3, -0.25) is 9.59 Å². The second-order valence-corrected chi connectivity index (χ2v) is 6.95. The monoisotopic (exact) mass is 352 g/mol. The van der Waals surface area contributed by atoms with E-state index in [4.69, 9.17) is 16.3 Å². The minimum absolute atomic E-state index is 0.00382. The molecular formula is C18H25ClN2O3. The first kappa shape index (κ1) is 18.6. The number of carbonyl (C=O) groups excluding carboxylic acids is 2. The van der Waals surface area contributed by atoms with Gasteiger partial charge in [0.2, 0.25) is 5.91 Å². The fourth-order valence-corrected chi connectivity index (χ4v) is 3.03. The number of amides is 2. The summed E-state index contributed by atoms with van der Waals surface area (Å²) in [5.74, 6) is 0.701. The molecule has 1 saturated heterocycles. The van der Waals surface area contributed by atoms with Gasteiger partial charge in [0.1, 0.15) is 5.75 Å². The highest BCUT2D eigenvalue weighted by Gasteiger charge is 2.27. The molecule has 0 aromatic heterocycles. The maximum atomic E-state index is 12.3. The van der Waals surface area contributed by atoms with Crippen LogP contribution in [0, 0.1) is 12.8 Å². The van der Waals surface area contributed by atoms with Crippen molar-refractivity contribution in [3.8, 4) is 5.75 Å². The van der Waals surface area contributed by atoms with Gasteiger partial charge in [0.25, 0.3) is 5.91 Å². The van der Waals surface area contributed by atoms with Crippen LogP contribution in [0.1, 0.15) is 32.3 Å². The zero-order chi connectivity index (χ0) is 17.7. The molecule has 0 radical (unpaired) electrons. The van der Waals surface area contributed by atoms with E-state index in [9.17, 15) is 9.59 Å². The quantitative estimate of drug-likeness (QED) is 0.886. The number of nitrogens with zero attached hydrogens (tertiary/aromatic N) is 1. The topological polar surface area (TPSA) is 58.6 Å². The fourth-order valence-electron chi connectivity index (χ4n) is 2.80. The number of hydrogen-bond donors (Lipinski definition) is 1. The second kappa shape index (κ2) is 8.38. The van der Waals surface area contributed by atoms with Crippen LogP contribution in [-0.2, 0) is 9.59 Å². The molecule has 2 rings (SSSR count). The molecule has 1 N–H and O–H groups in total. The molecule has 132 valence electrons. The number of hydrogen-bond acceptors (Lipinski definition) is 3. The van der Waals surface area contributed by atoms with Gasteiger partial charge in [0.05, 0.1) is 0 Å². The molecule has 0 bridgehead atoms. The Kier molecular flexibility index (Phi) is 6.49. The smallest absolute Gasteiger partial charge is 0.260 e. The molecule has 0 saturated carbocycles. The Labute approximate surface area is 148 Å². The summed E-state index contributed by atoms with van der Waals surface area (Å²) in [7, 11) is 0. The normalized spacial score (nSPS) is 15.5. The molecule has 5 nitrogen and oxygen atoms in total. The van der Waals surface area contributed by atoms with Gasteiger partial charge in [-0.1, -0.05) is 11.6 Å². The summed E-state index contributed by atoms with van der Waals surface area (Å²) >= 11 is 5.91. The first-order chi connectivity index (χ1) is 11.4. The van der Waals surface area contributed by atoms with Crippen LogP contribution in [0.3, 0.4) is 0 Å². The van der Waals surface area contributed by atoms with Gasteiger partial charge >= 0.3 is 0 Å². The van der Waals surface area contributed by atoms with Gasteiger partial charge in [0, 0.05) is 30.1 Å². The van der Waals surface area contributed by atoms with Crippen molar-refractivity contribution in [2.45, 2.75) is 39.7 Å². The van der Waals surface area contributed by atoms with Crippen molar-refractivity contribution in [1.29, 1.82) is 0 Å². The zero-order valence-corrected chi connectivity index (χ0v) is 15.2. The molecule has 1 aliphatic heterocycles. The fraction of sp³-hybridized carbons (Fsp3) is 0.556. The number of piperidine rings is 1. The third-order valence-corrected chi connectivity index (χ3v) is 4.37. The Balaban J connectivity index is 1.79. The lowest BCUT2D eigenvalue weighted by Gasteiger charge is -2.31. The highest BCUT2D eigenvalue weighted by atomic mass is 35.5. The Morgan fingerprint density at radius 1 is 1.33 bits per heavy atom. The largest absolute Gasteiger partial charge is 0.483 e. The predicted molar refractivity (Wildman–Crippen MR) is 94.3 cm³/mol. The van der Waals surface area contributed by atoms with Gasteiger partial charge in [0.15, 0.2) is 6.61 Å². The number of likely N-dealkylation sites (tertiary alicyclic amines) is 1. The van der Waals surface area contributed by atoms with Gasteiger partial charge < -0.3 is 15.0 Å². The minimum Gasteiger partial charge on any atom is -0.483 e. The molecule has 1 aromatic carbocycles. The third-order valence-electron chi connectivity index (χ3n) is 4.14. The molecule has 2 amide bonds. The highest BCUT2D eigenvalue weighted by Crippen LogP contribution is 2.22. The van der Waals surface area contributed by atoms with E-state index in [0.29, 0.717) is 36.7 Å². The molecule has 1 aromatic rings. The average molecular weight is 353 g/mol. The van der Waals surface area contributed by atoms with Crippen LogP contribution in [-0.4, -0.2) is 42.5 Å². The summed E-state index contributed by atoms with van der Waals surface area (Å²) in [6.07, 6.45) is 1.40. The van der Waals surface area contributed by atoms with Crippen molar-refractivity contribution in [2.24, 2.45) is 5.92 Å². The number of aryl methyl sites for hydroxylation is 1. The summed E-state index contributed by atoms with van der Waals surface area (Å²) in [5, 5.41) is 3.58. The van der Waals surface area contributed by atoms with Gasteiger partial charge in [-0.15, -0.1) is 0 Å². The van der Waals surface area contributed by atoms with Crippen LogP contribution >= 0.6 is 11.6 Å². The summed E-state index contributed by atoms with van der Waals surface area (Å²) in [6.45, 7) is 6.99. The lowest BCUT2D eigenvalue weighted by Crippen LogP contribution is -2.45. The van der Waals surface area contributed by atoms with Crippen molar-refractivity contribution in [2.75, 3.05) is 19.7 Å². The van der Waals surface area contributed by atoms with Crippen molar-refractivity contribution in [3.05, 3.63) is 28.8 Å². The highest BCUT2D eigenvalue weighted by molar-refractivity contribution is 6.30. The second-order valence-electron chi connectivity index (χ2n) is 6.52. The van der Waals surface area contributed by atoms with E-state index >= 15 is 0 Å². The lowest BCUT2D eigenvalue weighted by atomic mass is 9.95. The van der Waals surface area contributed by atoms with E-state index in [-0.39, 0.29) is 30.4 Å². The van der Waals surface area contributed by atoms with E-state index in [1.165, 1.54) is 0 Å². The van der Waals surface area contributed by atoms with Gasteiger partial charge in [-0.25, -0.2) is 0 Å². The Hall–Kier alpha value is -1.75. The van der Waals surface area contributed by atoms with Crippen LogP contribution < -0.4 is 10.1 Å². The van der Waals surface area contributed by atoms with Crippen molar-refractivity contribution in [3.63, 3.8) is 0 Å². The summed E-state index contributed by atoms with van der Waals surface area (Å²) < 4.78 is 5.60. The molecule has 0 spiro atoms. The summed E-state index contributed by atoms with van der Waals surface area (Å²) in [4.78, 5) is 26.1. The summed E-state index contributed by atoms with van der Waals surface area (Å²) in [5.41, 5.74) is 0.902. The molecule has 1 aliphatic rings.